The number of hydrogen-bond donors (Lipinski definition) is 1. The number of fused-ring (bicyclic) bond motifs is 1. The summed E-state index contributed by atoms with van der Waals surface area (Å²) >= 11 is 3.11. The van der Waals surface area contributed by atoms with Gasteiger partial charge in [-0.1, -0.05) is 59.7 Å². The summed E-state index contributed by atoms with van der Waals surface area (Å²) in [4.78, 5) is 21.4. The van der Waals surface area contributed by atoms with Crippen molar-refractivity contribution in [1.29, 1.82) is 0 Å². The molecule has 2 heterocycles. The van der Waals surface area contributed by atoms with E-state index in [0.717, 1.165) is 60.4 Å². The van der Waals surface area contributed by atoms with Crippen molar-refractivity contribution in [3.05, 3.63) is 101 Å². The summed E-state index contributed by atoms with van der Waals surface area (Å²) in [7, 11) is 0. The Bertz CT molecular complexity index is 1600. The number of aromatic nitrogens is 1. The molecule has 0 aliphatic heterocycles. The number of nitrogens with zero attached hydrogens (tertiary/aromatic N) is 2. The van der Waals surface area contributed by atoms with Gasteiger partial charge in [-0.2, -0.15) is 0 Å². The van der Waals surface area contributed by atoms with Crippen LogP contribution in [0.5, 0.6) is 0 Å². The third-order valence-corrected chi connectivity index (χ3v) is 8.04. The van der Waals surface area contributed by atoms with Gasteiger partial charge in [0.2, 0.25) is 0 Å². The molecule has 0 bridgehead atoms. The van der Waals surface area contributed by atoms with Crippen LogP contribution in [-0.2, 0) is 6.54 Å². The second-order valence-electron chi connectivity index (χ2n) is 9.47. The lowest BCUT2D eigenvalue weighted by atomic mass is 9.99. The van der Waals surface area contributed by atoms with Crippen LogP contribution in [-0.4, -0.2) is 23.5 Å². The first kappa shape index (κ1) is 26.9. The Kier molecular flexibility index (Phi) is 8.00. The smallest absolute Gasteiger partial charge is 0.326 e. The van der Waals surface area contributed by atoms with E-state index in [9.17, 15) is 4.79 Å². The molecule has 0 radical (unpaired) electrons. The monoisotopic (exact) mass is 553 g/mol. The van der Waals surface area contributed by atoms with Crippen molar-refractivity contribution in [2.24, 2.45) is 0 Å². The molecule has 198 valence electrons. The number of rotatable bonds is 7. The highest BCUT2D eigenvalue weighted by atomic mass is 32.2. The first-order valence-electron chi connectivity index (χ1n) is 12.7. The van der Waals surface area contributed by atoms with E-state index in [0.29, 0.717) is 0 Å². The van der Waals surface area contributed by atoms with Gasteiger partial charge in [0.25, 0.3) is 0 Å². The average Bonchev–Trinajstić information content (AvgIpc) is 3.30. The highest BCUT2D eigenvalue weighted by Gasteiger charge is 2.25. The first-order chi connectivity index (χ1) is 18.9. The summed E-state index contributed by atoms with van der Waals surface area (Å²) < 4.78 is 6.45. The molecule has 3 aromatic carbocycles. The van der Waals surface area contributed by atoms with Gasteiger partial charge < -0.3 is 9.73 Å². The van der Waals surface area contributed by atoms with E-state index in [4.69, 9.17) is 4.42 Å². The van der Waals surface area contributed by atoms with Gasteiger partial charge in [-0.25, -0.2) is 9.78 Å². The van der Waals surface area contributed by atoms with Crippen LogP contribution in [0.4, 0.5) is 16.2 Å². The quantitative estimate of drug-likeness (QED) is 0.204. The molecular weight excluding hydrogens is 523 g/mol. The molecule has 39 heavy (non-hydrogen) atoms. The SMILES string of the molecule is CSc1cc(C)nc(SC)c1NC(=O)N(Cc1oc2ccc(C)cc2c1-c1ccc(C)cc1)c1ccccc1. The van der Waals surface area contributed by atoms with E-state index in [1.54, 1.807) is 16.7 Å². The molecule has 0 aliphatic carbocycles. The number of furan rings is 1. The number of anilines is 2. The number of thioether (sulfide) groups is 2. The van der Waals surface area contributed by atoms with Crippen molar-refractivity contribution >= 4 is 51.9 Å². The molecule has 0 atom stereocenters. The van der Waals surface area contributed by atoms with Crippen molar-refractivity contribution in [3.63, 3.8) is 0 Å². The number of amides is 2. The molecule has 1 N–H and O–H groups in total. The minimum atomic E-state index is -0.246. The van der Waals surface area contributed by atoms with Crippen LogP contribution in [0.3, 0.4) is 0 Å². The van der Waals surface area contributed by atoms with Gasteiger partial charge in [-0.3, -0.25) is 4.90 Å². The summed E-state index contributed by atoms with van der Waals surface area (Å²) in [5, 5.41) is 5.01. The summed E-state index contributed by atoms with van der Waals surface area (Å²) in [6.07, 6.45) is 3.98. The van der Waals surface area contributed by atoms with Crippen LogP contribution in [0.25, 0.3) is 22.1 Å². The van der Waals surface area contributed by atoms with Gasteiger partial charge in [-0.15, -0.1) is 23.5 Å². The topological polar surface area (TPSA) is 58.4 Å². The standard InChI is InChI=1S/C32H31N3O2S2/c1-20-11-14-23(15-12-20)29-25-17-21(2)13-16-26(25)37-27(29)19-35(24-9-7-6-8-10-24)32(36)34-30-28(38-4)18-22(3)33-31(30)39-5/h6-18H,19H2,1-5H3,(H,34,36). The zero-order valence-corrected chi connectivity index (χ0v) is 24.4. The van der Waals surface area contributed by atoms with E-state index in [1.807, 2.05) is 61.9 Å². The fourth-order valence-electron chi connectivity index (χ4n) is 4.66. The number of pyridine rings is 1. The van der Waals surface area contributed by atoms with Crippen molar-refractivity contribution < 1.29 is 9.21 Å². The molecule has 2 amide bonds. The number of carbonyl (C=O) groups excluding carboxylic acids is 1. The number of aryl methyl sites for hydroxylation is 3. The maximum absolute atomic E-state index is 14.0. The van der Waals surface area contributed by atoms with Crippen molar-refractivity contribution in [2.45, 2.75) is 37.2 Å². The lowest BCUT2D eigenvalue weighted by Gasteiger charge is -2.24. The predicted octanol–water partition coefficient (Wildman–Crippen LogP) is 9.10. The fourth-order valence-corrected chi connectivity index (χ4v) is 5.96. The maximum atomic E-state index is 14.0. The number of benzene rings is 3. The lowest BCUT2D eigenvalue weighted by molar-refractivity contribution is 0.256. The highest BCUT2D eigenvalue weighted by Crippen LogP contribution is 2.38. The van der Waals surface area contributed by atoms with Crippen LogP contribution in [0.15, 0.2) is 93.2 Å². The minimum Gasteiger partial charge on any atom is -0.458 e. The molecule has 0 saturated carbocycles. The van der Waals surface area contributed by atoms with Gasteiger partial charge in [0.15, 0.2) is 0 Å². The summed E-state index contributed by atoms with van der Waals surface area (Å²) in [6.45, 7) is 6.39. The van der Waals surface area contributed by atoms with Gasteiger partial charge in [0, 0.05) is 27.2 Å². The number of para-hydroxylation sites is 1. The molecule has 5 nitrogen and oxygen atoms in total. The first-order valence-corrected chi connectivity index (χ1v) is 15.1. The molecule has 5 rings (SSSR count). The van der Waals surface area contributed by atoms with Crippen molar-refractivity contribution in [2.75, 3.05) is 22.7 Å². The van der Waals surface area contributed by atoms with E-state index in [-0.39, 0.29) is 12.6 Å². The molecule has 0 fully saturated rings. The average molecular weight is 554 g/mol. The van der Waals surface area contributed by atoms with Crippen LogP contribution >= 0.6 is 23.5 Å². The second kappa shape index (κ2) is 11.6. The normalized spacial score (nSPS) is 11.1. The lowest BCUT2D eigenvalue weighted by Crippen LogP contribution is -2.35. The fraction of sp³-hybridized carbons (Fsp3) is 0.188. The van der Waals surface area contributed by atoms with Gasteiger partial charge >= 0.3 is 6.03 Å². The third kappa shape index (κ3) is 5.70. The Morgan fingerprint density at radius 1 is 0.897 bits per heavy atom. The second-order valence-corrected chi connectivity index (χ2v) is 11.1. The molecule has 0 saturated heterocycles. The van der Waals surface area contributed by atoms with E-state index in [2.05, 4.69) is 60.5 Å². The van der Waals surface area contributed by atoms with Gasteiger partial charge in [-0.05, 0) is 69.2 Å². The number of carbonyl (C=O) groups is 1. The molecule has 0 aliphatic rings. The molecule has 0 unspecified atom stereocenters. The Labute approximate surface area is 238 Å². The van der Waals surface area contributed by atoms with E-state index >= 15 is 0 Å². The van der Waals surface area contributed by atoms with Crippen LogP contribution in [0.2, 0.25) is 0 Å². The summed E-state index contributed by atoms with van der Waals surface area (Å²) in [6, 6.07) is 26.1. The largest absolute Gasteiger partial charge is 0.458 e. The molecular formula is C32H31N3O2S2. The van der Waals surface area contributed by atoms with E-state index in [1.165, 1.54) is 17.3 Å². The Morgan fingerprint density at radius 2 is 1.62 bits per heavy atom. The molecule has 5 aromatic rings. The van der Waals surface area contributed by atoms with Crippen LogP contribution in [0.1, 0.15) is 22.6 Å². The summed E-state index contributed by atoms with van der Waals surface area (Å²) in [5.74, 6) is 0.732. The van der Waals surface area contributed by atoms with Crippen LogP contribution in [0, 0.1) is 20.8 Å². The molecule has 7 heteroatoms. The molecule has 0 spiro atoms. The number of hydrogen-bond acceptors (Lipinski definition) is 5. The maximum Gasteiger partial charge on any atom is 0.326 e. The van der Waals surface area contributed by atoms with Gasteiger partial charge in [0.1, 0.15) is 16.4 Å². The Balaban J connectivity index is 1.61. The molecule has 2 aromatic heterocycles. The minimum absolute atomic E-state index is 0.246. The van der Waals surface area contributed by atoms with E-state index < -0.39 is 0 Å². The van der Waals surface area contributed by atoms with Crippen molar-refractivity contribution in [1.82, 2.24) is 4.98 Å². The number of nitrogens with one attached hydrogen (secondary N) is 1. The van der Waals surface area contributed by atoms with Crippen LogP contribution < -0.4 is 10.2 Å². The Morgan fingerprint density at radius 3 is 2.31 bits per heavy atom. The van der Waals surface area contributed by atoms with Crippen molar-refractivity contribution in [3.8, 4) is 11.1 Å². The third-order valence-electron chi connectivity index (χ3n) is 6.59. The zero-order valence-electron chi connectivity index (χ0n) is 22.7. The predicted molar refractivity (Wildman–Crippen MR) is 165 cm³/mol. The highest BCUT2D eigenvalue weighted by molar-refractivity contribution is 7.99. The van der Waals surface area contributed by atoms with Gasteiger partial charge in [0.05, 0.1) is 12.2 Å². The Hall–Kier alpha value is -3.68. The number of urea groups is 1. The zero-order chi connectivity index (χ0) is 27.5. The summed E-state index contributed by atoms with van der Waals surface area (Å²) in [5.41, 5.74) is 7.64.